The first kappa shape index (κ1) is 12.3. The molecule has 1 aromatic carbocycles. The van der Waals surface area contributed by atoms with Gasteiger partial charge in [0, 0.05) is 6.54 Å². The number of primary sulfonamides is 1. The van der Waals surface area contributed by atoms with Crippen LogP contribution in [0.15, 0.2) is 23.1 Å². The van der Waals surface area contributed by atoms with Crippen molar-refractivity contribution in [3.63, 3.8) is 0 Å². The lowest BCUT2D eigenvalue weighted by atomic mass is 10.2. The van der Waals surface area contributed by atoms with Crippen molar-refractivity contribution >= 4 is 15.7 Å². The van der Waals surface area contributed by atoms with Gasteiger partial charge in [-0.1, -0.05) is 12.8 Å². The molecule has 1 aliphatic rings. The molecule has 1 aromatic rings. The number of rotatable bonds is 5. The summed E-state index contributed by atoms with van der Waals surface area (Å²) in [5.41, 5.74) is 0.318. The van der Waals surface area contributed by atoms with Crippen LogP contribution < -0.4 is 10.5 Å². The molecule has 0 aliphatic heterocycles. The highest BCUT2D eigenvalue weighted by atomic mass is 32.2. The Morgan fingerprint density at radius 3 is 2.65 bits per heavy atom. The molecule has 1 aliphatic carbocycles. The lowest BCUT2D eigenvalue weighted by Crippen LogP contribution is -2.13. The predicted molar refractivity (Wildman–Crippen MR) is 63.6 cm³/mol. The lowest BCUT2D eigenvalue weighted by molar-refractivity contribution is 0.592. The summed E-state index contributed by atoms with van der Waals surface area (Å²) in [5, 5.41) is 7.86. The van der Waals surface area contributed by atoms with Gasteiger partial charge in [0.1, 0.15) is 5.82 Å². The van der Waals surface area contributed by atoms with E-state index in [-0.39, 0.29) is 4.90 Å². The minimum absolute atomic E-state index is 0.206. The Bertz CT molecular complexity index is 512. The molecule has 0 amide bonds. The zero-order valence-corrected chi connectivity index (χ0v) is 10.1. The van der Waals surface area contributed by atoms with E-state index in [9.17, 15) is 12.8 Å². The molecule has 2 rings (SSSR count). The number of nitrogens with one attached hydrogen (secondary N) is 1. The average molecular weight is 258 g/mol. The summed E-state index contributed by atoms with van der Waals surface area (Å²) in [6, 6.07) is 3.65. The van der Waals surface area contributed by atoms with Crippen LogP contribution in [-0.4, -0.2) is 15.0 Å². The summed E-state index contributed by atoms with van der Waals surface area (Å²) in [6.07, 6.45) is 3.54. The van der Waals surface area contributed by atoms with E-state index in [2.05, 4.69) is 5.32 Å². The van der Waals surface area contributed by atoms with Gasteiger partial charge in [0.05, 0.1) is 10.6 Å². The Morgan fingerprint density at radius 2 is 2.12 bits per heavy atom. The summed E-state index contributed by atoms with van der Waals surface area (Å²) < 4.78 is 35.5. The van der Waals surface area contributed by atoms with E-state index in [0.29, 0.717) is 12.2 Å². The summed E-state index contributed by atoms with van der Waals surface area (Å²) in [4.78, 5) is -0.206. The Hall–Kier alpha value is -1.14. The maximum Gasteiger partial charge on any atom is 0.238 e. The summed E-state index contributed by atoms with van der Waals surface area (Å²) >= 11 is 0. The van der Waals surface area contributed by atoms with Gasteiger partial charge >= 0.3 is 0 Å². The molecule has 0 heterocycles. The molecule has 0 saturated heterocycles. The number of sulfonamides is 1. The first-order valence-electron chi connectivity index (χ1n) is 5.53. The second-order valence-corrected chi connectivity index (χ2v) is 5.91. The van der Waals surface area contributed by atoms with Crippen LogP contribution in [0.1, 0.15) is 19.3 Å². The van der Waals surface area contributed by atoms with Crippen molar-refractivity contribution in [2.24, 2.45) is 11.1 Å². The van der Waals surface area contributed by atoms with Crippen LogP contribution in [0, 0.1) is 11.7 Å². The molecule has 17 heavy (non-hydrogen) atoms. The molecule has 94 valence electrons. The molecule has 3 N–H and O–H groups in total. The third-order valence-corrected chi connectivity index (χ3v) is 3.75. The SMILES string of the molecule is NS(=O)(=O)c1ccc(NCCC2CC2)c(F)c1. The fourth-order valence-corrected chi connectivity index (χ4v) is 2.16. The lowest BCUT2D eigenvalue weighted by Gasteiger charge is -2.08. The van der Waals surface area contributed by atoms with E-state index in [4.69, 9.17) is 5.14 Å². The first-order valence-corrected chi connectivity index (χ1v) is 7.07. The van der Waals surface area contributed by atoms with Crippen LogP contribution in [-0.2, 0) is 10.0 Å². The Kier molecular flexibility index (Phi) is 3.35. The van der Waals surface area contributed by atoms with Crippen LogP contribution in [0.3, 0.4) is 0 Å². The van der Waals surface area contributed by atoms with Crippen LogP contribution in [0.2, 0.25) is 0 Å². The number of hydrogen-bond donors (Lipinski definition) is 2. The van der Waals surface area contributed by atoms with Crippen molar-refractivity contribution in [1.82, 2.24) is 0 Å². The Balaban J connectivity index is 2.02. The van der Waals surface area contributed by atoms with Crippen molar-refractivity contribution in [3.05, 3.63) is 24.0 Å². The molecule has 0 atom stereocenters. The van der Waals surface area contributed by atoms with Crippen molar-refractivity contribution in [2.75, 3.05) is 11.9 Å². The number of benzene rings is 1. The predicted octanol–water partition coefficient (Wildman–Crippen LogP) is 1.69. The topological polar surface area (TPSA) is 72.2 Å². The van der Waals surface area contributed by atoms with Gasteiger partial charge in [0.25, 0.3) is 0 Å². The van der Waals surface area contributed by atoms with E-state index in [1.165, 1.54) is 25.0 Å². The van der Waals surface area contributed by atoms with Crippen LogP contribution in [0.5, 0.6) is 0 Å². The quantitative estimate of drug-likeness (QED) is 0.844. The van der Waals surface area contributed by atoms with Crippen molar-refractivity contribution in [1.29, 1.82) is 0 Å². The summed E-state index contributed by atoms with van der Waals surface area (Å²) in [7, 11) is -3.83. The van der Waals surface area contributed by atoms with Gasteiger partial charge in [0.15, 0.2) is 0 Å². The second-order valence-electron chi connectivity index (χ2n) is 4.35. The first-order chi connectivity index (χ1) is 7.97. The van der Waals surface area contributed by atoms with E-state index in [0.717, 1.165) is 18.4 Å². The minimum atomic E-state index is -3.83. The van der Waals surface area contributed by atoms with Gasteiger partial charge in [0.2, 0.25) is 10.0 Å². The molecular weight excluding hydrogens is 243 g/mol. The van der Waals surface area contributed by atoms with E-state index in [1.54, 1.807) is 0 Å². The zero-order chi connectivity index (χ0) is 12.5. The molecule has 1 saturated carbocycles. The van der Waals surface area contributed by atoms with Crippen LogP contribution >= 0.6 is 0 Å². The molecule has 0 spiro atoms. The molecule has 1 fully saturated rings. The number of anilines is 1. The zero-order valence-electron chi connectivity index (χ0n) is 9.32. The number of nitrogens with two attached hydrogens (primary N) is 1. The molecule has 0 aromatic heterocycles. The largest absolute Gasteiger partial charge is 0.383 e. The third kappa shape index (κ3) is 3.41. The normalized spacial score (nSPS) is 15.9. The van der Waals surface area contributed by atoms with E-state index in [1.807, 2.05) is 0 Å². The van der Waals surface area contributed by atoms with Gasteiger partial charge < -0.3 is 5.32 Å². The fraction of sp³-hybridized carbons (Fsp3) is 0.455. The highest BCUT2D eigenvalue weighted by molar-refractivity contribution is 7.89. The van der Waals surface area contributed by atoms with Gasteiger partial charge in [-0.25, -0.2) is 17.9 Å². The molecule has 0 unspecified atom stereocenters. The van der Waals surface area contributed by atoms with E-state index < -0.39 is 15.8 Å². The second kappa shape index (κ2) is 4.62. The van der Waals surface area contributed by atoms with E-state index >= 15 is 0 Å². The summed E-state index contributed by atoms with van der Waals surface area (Å²) in [5.74, 6) is 0.182. The van der Waals surface area contributed by atoms with Crippen LogP contribution in [0.25, 0.3) is 0 Å². The highest BCUT2D eigenvalue weighted by Crippen LogP contribution is 2.32. The van der Waals surface area contributed by atoms with Gasteiger partial charge in [-0.3, -0.25) is 0 Å². The van der Waals surface area contributed by atoms with Crippen molar-refractivity contribution in [2.45, 2.75) is 24.2 Å². The van der Waals surface area contributed by atoms with Gasteiger partial charge in [-0.2, -0.15) is 0 Å². The third-order valence-electron chi connectivity index (χ3n) is 2.83. The maximum atomic E-state index is 13.5. The van der Waals surface area contributed by atoms with Crippen molar-refractivity contribution in [3.8, 4) is 0 Å². The van der Waals surface area contributed by atoms with Gasteiger partial charge in [-0.15, -0.1) is 0 Å². The van der Waals surface area contributed by atoms with Gasteiger partial charge in [-0.05, 0) is 30.5 Å². The monoisotopic (exact) mass is 258 g/mol. The number of hydrogen-bond acceptors (Lipinski definition) is 3. The van der Waals surface area contributed by atoms with Crippen molar-refractivity contribution < 1.29 is 12.8 Å². The summed E-state index contributed by atoms with van der Waals surface area (Å²) in [6.45, 7) is 0.705. The number of halogens is 1. The maximum absolute atomic E-state index is 13.5. The molecule has 6 heteroatoms. The molecule has 0 bridgehead atoms. The average Bonchev–Trinajstić information content (AvgIpc) is 3.02. The standard InChI is InChI=1S/C11H15FN2O2S/c12-10-7-9(17(13,15)16)3-4-11(10)14-6-5-8-1-2-8/h3-4,7-8,14H,1-2,5-6H2,(H2,13,15,16). The minimum Gasteiger partial charge on any atom is -0.383 e. The smallest absolute Gasteiger partial charge is 0.238 e. The van der Waals surface area contributed by atoms with Crippen LogP contribution in [0.4, 0.5) is 10.1 Å². The molecule has 0 radical (unpaired) electrons. The Labute approximate surface area is 100 Å². The Morgan fingerprint density at radius 1 is 1.41 bits per heavy atom. The fourth-order valence-electron chi connectivity index (χ4n) is 1.63. The molecular formula is C11H15FN2O2S. The molecule has 4 nitrogen and oxygen atoms in total. The highest BCUT2D eigenvalue weighted by Gasteiger charge is 2.20.